The van der Waals surface area contributed by atoms with Gasteiger partial charge in [-0.15, -0.1) is 0 Å². The Hall–Kier alpha value is -1.40. The van der Waals surface area contributed by atoms with Crippen LogP contribution in [0.15, 0.2) is 38.8 Å². The van der Waals surface area contributed by atoms with Crippen molar-refractivity contribution in [3.05, 3.63) is 45.7 Å². The molecule has 0 bridgehead atoms. The number of carbonyl (C=O) groups is 1. The molecule has 0 atom stereocenters. The number of benzene rings is 1. The lowest BCUT2D eigenvalue weighted by Crippen LogP contribution is -1.96. The Morgan fingerprint density at radius 3 is 2.37 bits per heavy atom. The van der Waals surface area contributed by atoms with Crippen molar-refractivity contribution < 1.29 is 9.90 Å². The van der Waals surface area contributed by atoms with Crippen LogP contribution >= 0.6 is 27.7 Å². The smallest absolute Gasteiger partial charge is 0.335 e. The molecule has 2 rings (SSSR count). The largest absolute Gasteiger partial charge is 0.478 e. The number of hydrogen-bond acceptors (Lipinski definition) is 4. The van der Waals surface area contributed by atoms with E-state index in [2.05, 4.69) is 25.9 Å². The maximum Gasteiger partial charge on any atom is 0.335 e. The molecule has 0 amide bonds. The Morgan fingerprint density at radius 1 is 1.21 bits per heavy atom. The fraction of sp³-hybridized carbons (Fsp3) is 0.154. The molecule has 98 valence electrons. The molecule has 4 nitrogen and oxygen atoms in total. The maximum absolute atomic E-state index is 10.9. The minimum atomic E-state index is -0.945. The number of aryl methyl sites for hydroxylation is 2. The van der Waals surface area contributed by atoms with Crippen molar-refractivity contribution >= 4 is 33.7 Å². The molecule has 0 aliphatic heterocycles. The van der Waals surface area contributed by atoms with E-state index in [1.165, 1.54) is 11.8 Å². The van der Waals surface area contributed by atoms with Crippen LogP contribution in [0.25, 0.3) is 0 Å². The fourth-order valence-electron chi connectivity index (χ4n) is 1.55. The first-order valence-corrected chi connectivity index (χ1v) is 7.09. The minimum absolute atomic E-state index is 0.248. The van der Waals surface area contributed by atoms with Crippen LogP contribution in [-0.4, -0.2) is 21.0 Å². The van der Waals surface area contributed by atoms with Crippen molar-refractivity contribution in [2.75, 3.05) is 0 Å². The standard InChI is InChI=1S/C13H11BrN2O2S/c1-7-5-8(2)16-13(15-7)19-11-4-3-9(12(17)18)6-10(11)14/h3-6H,1-2H3,(H,17,18). The Morgan fingerprint density at radius 2 is 1.84 bits per heavy atom. The molecule has 1 aromatic heterocycles. The van der Waals surface area contributed by atoms with Gasteiger partial charge < -0.3 is 5.11 Å². The highest BCUT2D eigenvalue weighted by Crippen LogP contribution is 2.32. The number of halogens is 1. The first kappa shape index (κ1) is 14.0. The van der Waals surface area contributed by atoms with Gasteiger partial charge in [0.25, 0.3) is 0 Å². The van der Waals surface area contributed by atoms with Crippen molar-refractivity contribution in [1.29, 1.82) is 0 Å². The van der Waals surface area contributed by atoms with Crippen molar-refractivity contribution in [3.8, 4) is 0 Å². The number of rotatable bonds is 3. The maximum atomic E-state index is 10.9. The van der Waals surface area contributed by atoms with Gasteiger partial charge in [-0.2, -0.15) is 0 Å². The summed E-state index contributed by atoms with van der Waals surface area (Å²) in [5.41, 5.74) is 2.07. The van der Waals surface area contributed by atoms with Gasteiger partial charge in [0.2, 0.25) is 0 Å². The minimum Gasteiger partial charge on any atom is -0.478 e. The summed E-state index contributed by atoms with van der Waals surface area (Å²) in [5, 5.41) is 9.56. The molecule has 2 aromatic rings. The number of hydrogen-bond donors (Lipinski definition) is 1. The van der Waals surface area contributed by atoms with E-state index in [-0.39, 0.29) is 5.56 Å². The van der Waals surface area contributed by atoms with E-state index in [1.54, 1.807) is 18.2 Å². The zero-order chi connectivity index (χ0) is 14.0. The summed E-state index contributed by atoms with van der Waals surface area (Å²) in [4.78, 5) is 20.4. The normalized spacial score (nSPS) is 10.5. The van der Waals surface area contributed by atoms with E-state index in [0.29, 0.717) is 5.16 Å². The van der Waals surface area contributed by atoms with E-state index in [9.17, 15) is 4.79 Å². The molecule has 19 heavy (non-hydrogen) atoms. The van der Waals surface area contributed by atoms with Crippen molar-refractivity contribution in [2.24, 2.45) is 0 Å². The molecule has 1 heterocycles. The van der Waals surface area contributed by atoms with Crippen LogP contribution in [0.3, 0.4) is 0 Å². The Balaban J connectivity index is 2.30. The highest BCUT2D eigenvalue weighted by atomic mass is 79.9. The molecular weight excluding hydrogens is 328 g/mol. The highest BCUT2D eigenvalue weighted by Gasteiger charge is 2.09. The topological polar surface area (TPSA) is 63.1 Å². The molecule has 0 saturated heterocycles. The Bertz CT molecular complexity index is 626. The highest BCUT2D eigenvalue weighted by molar-refractivity contribution is 9.10. The summed E-state index contributed by atoms with van der Waals surface area (Å²) in [5.74, 6) is -0.945. The Labute approximate surface area is 123 Å². The number of carboxylic acid groups (broad SMARTS) is 1. The molecule has 0 fully saturated rings. The fourth-order valence-corrected chi connectivity index (χ4v) is 3.04. The van der Waals surface area contributed by atoms with Gasteiger partial charge in [0.15, 0.2) is 5.16 Å². The van der Waals surface area contributed by atoms with Gasteiger partial charge in [-0.05, 0) is 65.8 Å². The van der Waals surface area contributed by atoms with Gasteiger partial charge in [-0.3, -0.25) is 0 Å². The summed E-state index contributed by atoms with van der Waals surface area (Å²) >= 11 is 4.77. The Kier molecular flexibility index (Phi) is 4.21. The average molecular weight is 339 g/mol. The van der Waals surface area contributed by atoms with E-state index in [0.717, 1.165) is 20.8 Å². The van der Waals surface area contributed by atoms with Crippen LogP contribution in [-0.2, 0) is 0 Å². The molecule has 0 spiro atoms. The average Bonchev–Trinajstić information content (AvgIpc) is 2.30. The summed E-state index contributed by atoms with van der Waals surface area (Å²) < 4.78 is 0.722. The SMILES string of the molecule is Cc1cc(C)nc(Sc2ccc(C(=O)O)cc2Br)n1. The zero-order valence-corrected chi connectivity index (χ0v) is 12.7. The van der Waals surface area contributed by atoms with E-state index in [4.69, 9.17) is 5.11 Å². The lowest BCUT2D eigenvalue weighted by molar-refractivity contribution is 0.0696. The number of aromatic carboxylic acids is 1. The third-order valence-electron chi connectivity index (χ3n) is 2.34. The molecule has 1 aromatic carbocycles. The molecule has 1 N–H and O–H groups in total. The zero-order valence-electron chi connectivity index (χ0n) is 10.3. The summed E-state index contributed by atoms with van der Waals surface area (Å²) in [7, 11) is 0. The van der Waals surface area contributed by atoms with Gasteiger partial charge in [-0.1, -0.05) is 0 Å². The van der Waals surface area contributed by atoms with Gasteiger partial charge in [0, 0.05) is 20.8 Å². The molecule has 0 aliphatic carbocycles. The van der Waals surface area contributed by atoms with Gasteiger partial charge in [-0.25, -0.2) is 14.8 Å². The van der Waals surface area contributed by atoms with Crippen molar-refractivity contribution in [1.82, 2.24) is 9.97 Å². The summed E-state index contributed by atoms with van der Waals surface area (Å²) in [6.45, 7) is 3.84. The van der Waals surface area contributed by atoms with E-state index in [1.807, 2.05) is 19.9 Å². The molecule has 0 saturated carbocycles. The number of nitrogens with zero attached hydrogens (tertiary/aromatic N) is 2. The molecule has 0 aliphatic rings. The third-order valence-corrected chi connectivity index (χ3v) is 4.20. The lowest BCUT2D eigenvalue weighted by atomic mass is 10.2. The van der Waals surface area contributed by atoms with E-state index >= 15 is 0 Å². The second-order valence-corrected chi connectivity index (χ2v) is 5.85. The third kappa shape index (κ3) is 3.54. The molecule has 6 heteroatoms. The van der Waals surface area contributed by atoms with Gasteiger partial charge in [0.1, 0.15) is 0 Å². The summed E-state index contributed by atoms with van der Waals surface area (Å²) in [6.07, 6.45) is 0. The van der Waals surface area contributed by atoms with Crippen LogP contribution in [0.5, 0.6) is 0 Å². The van der Waals surface area contributed by atoms with E-state index < -0.39 is 5.97 Å². The summed E-state index contributed by atoms with van der Waals surface area (Å²) in [6, 6.07) is 6.80. The molecule has 0 unspecified atom stereocenters. The predicted octanol–water partition coefficient (Wildman–Crippen LogP) is 3.71. The van der Waals surface area contributed by atoms with Crippen molar-refractivity contribution in [3.63, 3.8) is 0 Å². The quantitative estimate of drug-likeness (QED) is 0.864. The van der Waals surface area contributed by atoms with Crippen LogP contribution in [0, 0.1) is 13.8 Å². The number of aromatic nitrogens is 2. The van der Waals surface area contributed by atoms with Crippen LogP contribution in [0.1, 0.15) is 21.7 Å². The molecule has 0 radical (unpaired) electrons. The monoisotopic (exact) mass is 338 g/mol. The second kappa shape index (κ2) is 5.71. The van der Waals surface area contributed by atoms with Crippen LogP contribution < -0.4 is 0 Å². The first-order chi connectivity index (χ1) is 8.95. The lowest BCUT2D eigenvalue weighted by Gasteiger charge is -2.05. The van der Waals surface area contributed by atoms with Gasteiger partial charge >= 0.3 is 5.97 Å². The van der Waals surface area contributed by atoms with Gasteiger partial charge in [0.05, 0.1) is 5.56 Å². The first-order valence-electron chi connectivity index (χ1n) is 5.48. The van der Waals surface area contributed by atoms with Crippen LogP contribution in [0.2, 0.25) is 0 Å². The number of carboxylic acids is 1. The second-order valence-electron chi connectivity index (χ2n) is 3.99. The van der Waals surface area contributed by atoms with Crippen molar-refractivity contribution in [2.45, 2.75) is 23.9 Å². The predicted molar refractivity (Wildman–Crippen MR) is 76.7 cm³/mol. The molecular formula is C13H11BrN2O2S. The van der Waals surface area contributed by atoms with Crippen LogP contribution in [0.4, 0.5) is 0 Å².